The molecule has 0 bridgehead atoms. The normalized spacial score (nSPS) is 13.8. The van der Waals surface area contributed by atoms with Gasteiger partial charge in [-0.1, -0.05) is 29.8 Å². The van der Waals surface area contributed by atoms with Crippen LogP contribution in [0.1, 0.15) is 32.4 Å². The summed E-state index contributed by atoms with van der Waals surface area (Å²) < 4.78 is 0.259. The number of hydrogen-bond acceptors (Lipinski definition) is 2. The summed E-state index contributed by atoms with van der Waals surface area (Å²) in [7, 11) is 0. The average molecular weight is 258 g/mol. The third-order valence-corrected chi connectivity index (χ3v) is 4.35. The van der Waals surface area contributed by atoms with Crippen molar-refractivity contribution in [2.45, 2.75) is 31.6 Å². The van der Waals surface area contributed by atoms with Crippen molar-refractivity contribution in [2.24, 2.45) is 0 Å². The Morgan fingerprint density at radius 2 is 2.00 bits per heavy atom. The zero-order chi connectivity index (χ0) is 12.2. The quantitative estimate of drug-likeness (QED) is 0.851. The molecule has 90 valence electrons. The van der Waals surface area contributed by atoms with Crippen LogP contribution in [0.4, 0.5) is 0 Å². The van der Waals surface area contributed by atoms with E-state index in [1.165, 1.54) is 5.56 Å². The monoisotopic (exact) mass is 257 g/mol. The standard InChI is InChI=1S/C13H20ClNS/c1-10(15-9-13(2,3)16-4)11-7-5-6-8-12(11)14/h5-8,10,15H,9H2,1-4H3. The Morgan fingerprint density at radius 1 is 1.38 bits per heavy atom. The molecule has 1 aromatic rings. The zero-order valence-electron chi connectivity index (χ0n) is 10.4. The van der Waals surface area contributed by atoms with Crippen LogP contribution in [0.15, 0.2) is 24.3 Å². The summed E-state index contributed by atoms with van der Waals surface area (Å²) in [5.41, 5.74) is 1.17. The molecule has 1 N–H and O–H groups in total. The molecule has 0 aliphatic carbocycles. The van der Waals surface area contributed by atoms with Gasteiger partial charge in [-0.2, -0.15) is 11.8 Å². The molecule has 0 aliphatic rings. The lowest BCUT2D eigenvalue weighted by Gasteiger charge is -2.25. The van der Waals surface area contributed by atoms with E-state index in [-0.39, 0.29) is 4.75 Å². The van der Waals surface area contributed by atoms with Gasteiger partial charge in [0.05, 0.1) is 0 Å². The molecule has 0 fully saturated rings. The third-order valence-electron chi connectivity index (χ3n) is 2.76. The fourth-order valence-corrected chi connectivity index (χ4v) is 1.93. The van der Waals surface area contributed by atoms with E-state index in [0.29, 0.717) is 6.04 Å². The van der Waals surface area contributed by atoms with Crippen molar-refractivity contribution in [3.63, 3.8) is 0 Å². The number of halogens is 1. The van der Waals surface area contributed by atoms with E-state index < -0.39 is 0 Å². The lowest BCUT2D eigenvalue weighted by atomic mass is 10.1. The maximum atomic E-state index is 6.16. The Morgan fingerprint density at radius 3 is 2.56 bits per heavy atom. The molecule has 16 heavy (non-hydrogen) atoms. The number of hydrogen-bond donors (Lipinski definition) is 1. The van der Waals surface area contributed by atoms with Crippen LogP contribution in [-0.2, 0) is 0 Å². The molecular formula is C13H20ClNS. The largest absolute Gasteiger partial charge is 0.309 e. The maximum Gasteiger partial charge on any atom is 0.0453 e. The van der Waals surface area contributed by atoms with Crippen LogP contribution in [-0.4, -0.2) is 17.5 Å². The lowest BCUT2D eigenvalue weighted by Crippen LogP contribution is -2.33. The van der Waals surface area contributed by atoms with E-state index in [1.54, 1.807) is 0 Å². The minimum atomic E-state index is 0.259. The Bertz CT molecular complexity index is 338. The highest BCUT2D eigenvalue weighted by molar-refractivity contribution is 7.99. The van der Waals surface area contributed by atoms with Crippen LogP contribution in [0.3, 0.4) is 0 Å². The van der Waals surface area contributed by atoms with Gasteiger partial charge in [-0.25, -0.2) is 0 Å². The molecule has 1 unspecified atom stereocenters. The SMILES string of the molecule is CSC(C)(C)CNC(C)c1ccccc1Cl. The maximum absolute atomic E-state index is 6.16. The first-order valence-corrected chi connectivity index (χ1v) is 7.09. The van der Waals surface area contributed by atoms with Crippen molar-refractivity contribution < 1.29 is 0 Å². The topological polar surface area (TPSA) is 12.0 Å². The molecule has 0 saturated heterocycles. The second-order valence-corrected chi connectivity index (χ2v) is 6.51. The molecule has 0 heterocycles. The summed E-state index contributed by atoms with van der Waals surface area (Å²) in [6, 6.07) is 8.30. The molecule has 0 spiro atoms. The number of rotatable bonds is 5. The van der Waals surface area contributed by atoms with Crippen molar-refractivity contribution in [1.29, 1.82) is 0 Å². The molecular weight excluding hydrogens is 238 g/mol. The Hall–Kier alpha value is -0.180. The molecule has 1 aromatic carbocycles. The van der Waals surface area contributed by atoms with Crippen LogP contribution >= 0.6 is 23.4 Å². The van der Waals surface area contributed by atoms with Crippen molar-refractivity contribution >= 4 is 23.4 Å². The first-order valence-electron chi connectivity index (χ1n) is 5.49. The summed E-state index contributed by atoms with van der Waals surface area (Å²) in [4.78, 5) is 0. The first kappa shape index (κ1) is 13.9. The van der Waals surface area contributed by atoms with Crippen LogP contribution in [0, 0.1) is 0 Å². The second kappa shape index (κ2) is 5.95. The van der Waals surface area contributed by atoms with Gasteiger partial charge in [-0.3, -0.25) is 0 Å². The average Bonchev–Trinajstić information content (AvgIpc) is 2.27. The molecule has 0 aliphatic heterocycles. The fraction of sp³-hybridized carbons (Fsp3) is 0.538. The van der Waals surface area contributed by atoms with Gasteiger partial charge in [-0.15, -0.1) is 0 Å². The molecule has 1 rings (SSSR count). The van der Waals surface area contributed by atoms with Gasteiger partial charge in [0.2, 0.25) is 0 Å². The summed E-state index contributed by atoms with van der Waals surface area (Å²) >= 11 is 8.03. The van der Waals surface area contributed by atoms with Crippen LogP contribution in [0.25, 0.3) is 0 Å². The lowest BCUT2D eigenvalue weighted by molar-refractivity contribution is 0.523. The van der Waals surface area contributed by atoms with Crippen molar-refractivity contribution in [2.75, 3.05) is 12.8 Å². The van der Waals surface area contributed by atoms with Crippen LogP contribution < -0.4 is 5.32 Å². The third kappa shape index (κ3) is 4.00. The number of benzene rings is 1. The Kier molecular flexibility index (Phi) is 5.16. The second-order valence-electron chi connectivity index (χ2n) is 4.59. The van der Waals surface area contributed by atoms with Crippen LogP contribution in [0.5, 0.6) is 0 Å². The minimum Gasteiger partial charge on any atom is -0.309 e. The van der Waals surface area contributed by atoms with Gasteiger partial charge in [0, 0.05) is 22.4 Å². The summed E-state index contributed by atoms with van der Waals surface area (Å²) in [6.45, 7) is 7.60. The first-order chi connectivity index (χ1) is 7.46. The van der Waals surface area contributed by atoms with E-state index in [2.05, 4.69) is 38.4 Å². The molecule has 1 atom stereocenters. The van der Waals surface area contributed by atoms with Crippen molar-refractivity contribution in [1.82, 2.24) is 5.32 Å². The number of nitrogens with one attached hydrogen (secondary N) is 1. The molecule has 0 radical (unpaired) electrons. The van der Waals surface area contributed by atoms with E-state index in [4.69, 9.17) is 11.6 Å². The highest BCUT2D eigenvalue weighted by Gasteiger charge is 2.17. The molecule has 0 saturated carbocycles. The minimum absolute atomic E-state index is 0.259. The van der Waals surface area contributed by atoms with E-state index in [9.17, 15) is 0 Å². The van der Waals surface area contributed by atoms with Gasteiger partial charge in [0.25, 0.3) is 0 Å². The summed E-state index contributed by atoms with van der Waals surface area (Å²) in [5, 5.41) is 4.36. The predicted molar refractivity (Wildman–Crippen MR) is 75.5 cm³/mol. The molecule has 0 aromatic heterocycles. The van der Waals surface area contributed by atoms with Crippen molar-refractivity contribution in [3.05, 3.63) is 34.9 Å². The molecule has 3 heteroatoms. The Balaban J connectivity index is 2.60. The molecule has 0 amide bonds. The summed E-state index contributed by atoms with van der Waals surface area (Å²) in [5.74, 6) is 0. The Labute approximate surface area is 108 Å². The van der Waals surface area contributed by atoms with Crippen molar-refractivity contribution in [3.8, 4) is 0 Å². The highest BCUT2D eigenvalue weighted by Crippen LogP contribution is 2.24. The predicted octanol–water partition coefficient (Wildman–Crippen LogP) is 4.13. The molecule has 1 nitrogen and oxygen atoms in total. The van der Waals surface area contributed by atoms with Gasteiger partial charge in [0.1, 0.15) is 0 Å². The number of thioether (sulfide) groups is 1. The van der Waals surface area contributed by atoms with Crippen LogP contribution in [0.2, 0.25) is 5.02 Å². The van der Waals surface area contributed by atoms with Gasteiger partial charge >= 0.3 is 0 Å². The van der Waals surface area contributed by atoms with E-state index >= 15 is 0 Å². The summed E-state index contributed by atoms with van der Waals surface area (Å²) in [6.07, 6.45) is 2.14. The van der Waals surface area contributed by atoms with E-state index in [1.807, 2.05) is 30.0 Å². The zero-order valence-corrected chi connectivity index (χ0v) is 12.0. The van der Waals surface area contributed by atoms with E-state index in [0.717, 1.165) is 11.6 Å². The smallest absolute Gasteiger partial charge is 0.0453 e. The fourth-order valence-electron chi connectivity index (χ4n) is 1.41. The van der Waals surface area contributed by atoms with Gasteiger partial charge < -0.3 is 5.32 Å². The highest BCUT2D eigenvalue weighted by atomic mass is 35.5. The van der Waals surface area contributed by atoms with Gasteiger partial charge in [0.15, 0.2) is 0 Å². The van der Waals surface area contributed by atoms with Gasteiger partial charge in [-0.05, 0) is 38.7 Å².